The van der Waals surface area contributed by atoms with Crippen LogP contribution in [0.25, 0.3) is 10.9 Å². The smallest absolute Gasteiger partial charge is 0.325 e. The van der Waals surface area contributed by atoms with Crippen molar-refractivity contribution in [1.29, 1.82) is 0 Å². The maximum Gasteiger partial charge on any atom is 0.325 e. The van der Waals surface area contributed by atoms with Crippen LogP contribution in [-0.2, 0) is 26.0 Å². The van der Waals surface area contributed by atoms with Crippen LogP contribution in [0.4, 0.5) is 4.39 Å². The number of Topliss-reactive ketones (excluding diaryl/α,β-unsaturated/α-hetero) is 1. The number of carbonyl (C=O) groups is 2. The Labute approximate surface area is 208 Å². The van der Waals surface area contributed by atoms with Crippen LogP contribution in [0, 0.1) is 12.7 Å². The molecule has 2 N–H and O–H groups in total. The van der Waals surface area contributed by atoms with Crippen molar-refractivity contribution in [2.24, 2.45) is 0 Å². The van der Waals surface area contributed by atoms with E-state index in [4.69, 9.17) is 4.74 Å². The summed E-state index contributed by atoms with van der Waals surface area (Å²) in [5.41, 5.74) is 2.45. The quantitative estimate of drug-likeness (QED) is 0.259. The van der Waals surface area contributed by atoms with Gasteiger partial charge in [-0.2, -0.15) is 4.72 Å². The van der Waals surface area contributed by atoms with Crippen molar-refractivity contribution in [3.05, 3.63) is 102 Å². The van der Waals surface area contributed by atoms with E-state index in [1.807, 2.05) is 24.3 Å². The molecule has 186 valence electrons. The fourth-order valence-electron chi connectivity index (χ4n) is 3.89. The molecular formula is C27H25FN2O5S. The second-order valence-corrected chi connectivity index (χ2v) is 10.2. The number of hydrogen-bond acceptors (Lipinski definition) is 5. The molecule has 0 fully saturated rings. The standard InChI is InChI=1S/C27H25FN2O5S/c1-17-6-5-7-22(14-17)36(33,34)30-25(15-20-16-29-24-9-4-3-8-23(20)24)27(32)35-18(2)26(31)19-10-12-21(28)13-11-19/h3-14,16,18,25,29-30H,15H2,1-2H3/t18-,25+/m0/s1. The minimum absolute atomic E-state index is 0.00858. The molecule has 2 atom stereocenters. The maximum absolute atomic E-state index is 13.2. The number of halogens is 1. The van der Waals surface area contributed by atoms with E-state index < -0.39 is 39.7 Å². The fraction of sp³-hybridized carbons (Fsp3) is 0.185. The van der Waals surface area contributed by atoms with Crippen LogP contribution in [0.5, 0.6) is 0 Å². The zero-order chi connectivity index (χ0) is 25.9. The van der Waals surface area contributed by atoms with Crippen molar-refractivity contribution >= 4 is 32.7 Å². The predicted octanol–water partition coefficient (Wildman–Crippen LogP) is 4.32. The van der Waals surface area contributed by atoms with Crippen LogP contribution in [0.1, 0.15) is 28.4 Å². The highest BCUT2D eigenvalue weighted by atomic mass is 32.2. The van der Waals surface area contributed by atoms with Gasteiger partial charge in [-0.1, -0.05) is 30.3 Å². The van der Waals surface area contributed by atoms with Crippen LogP contribution in [-0.4, -0.2) is 37.3 Å². The average Bonchev–Trinajstić information content (AvgIpc) is 3.26. The van der Waals surface area contributed by atoms with E-state index in [0.717, 1.165) is 28.6 Å². The Bertz CT molecular complexity index is 1510. The van der Waals surface area contributed by atoms with Crippen LogP contribution >= 0.6 is 0 Å². The Kier molecular flexibility index (Phi) is 7.32. The first-order valence-electron chi connectivity index (χ1n) is 11.3. The largest absolute Gasteiger partial charge is 0.453 e. The molecule has 0 amide bonds. The zero-order valence-corrected chi connectivity index (χ0v) is 20.5. The zero-order valence-electron chi connectivity index (χ0n) is 19.7. The van der Waals surface area contributed by atoms with E-state index >= 15 is 0 Å². The molecule has 0 aliphatic heterocycles. The number of esters is 1. The molecule has 4 rings (SSSR count). The number of ether oxygens (including phenoxy) is 1. The van der Waals surface area contributed by atoms with Gasteiger partial charge in [0.2, 0.25) is 15.8 Å². The first kappa shape index (κ1) is 25.3. The molecule has 0 aliphatic carbocycles. The molecule has 9 heteroatoms. The maximum atomic E-state index is 13.2. The number of H-pyrrole nitrogens is 1. The van der Waals surface area contributed by atoms with Gasteiger partial charge in [0.15, 0.2) is 6.10 Å². The van der Waals surface area contributed by atoms with E-state index in [1.54, 1.807) is 25.3 Å². The molecule has 0 saturated heterocycles. The molecule has 1 aromatic heterocycles. The lowest BCUT2D eigenvalue weighted by Gasteiger charge is -2.20. The summed E-state index contributed by atoms with van der Waals surface area (Å²) in [6.07, 6.45) is 0.488. The van der Waals surface area contributed by atoms with E-state index in [1.165, 1.54) is 31.2 Å². The van der Waals surface area contributed by atoms with Gasteiger partial charge in [0, 0.05) is 29.1 Å². The third kappa shape index (κ3) is 5.69. The Morgan fingerprint density at radius 1 is 1.03 bits per heavy atom. The molecular weight excluding hydrogens is 483 g/mol. The van der Waals surface area contributed by atoms with Gasteiger partial charge >= 0.3 is 5.97 Å². The summed E-state index contributed by atoms with van der Waals surface area (Å²) in [5.74, 6) is -1.93. The lowest BCUT2D eigenvalue weighted by Crippen LogP contribution is -2.45. The molecule has 36 heavy (non-hydrogen) atoms. The highest BCUT2D eigenvalue weighted by Crippen LogP contribution is 2.21. The lowest BCUT2D eigenvalue weighted by molar-refractivity contribution is -0.148. The lowest BCUT2D eigenvalue weighted by atomic mass is 10.1. The summed E-state index contributed by atoms with van der Waals surface area (Å²) in [5, 5.41) is 0.834. The molecule has 7 nitrogen and oxygen atoms in total. The number of aromatic nitrogens is 1. The number of fused-ring (bicyclic) bond motifs is 1. The van der Waals surface area contributed by atoms with Crippen LogP contribution in [0.2, 0.25) is 0 Å². The third-order valence-electron chi connectivity index (χ3n) is 5.77. The van der Waals surface area contributed by atoms with E-state index in [-0.39, 0.29) is 16.9 Å². The number of benzene rings is 3. The Morgan fingerprint density at radius 3 is 2.47 bits per heavy atom. The van der Waals surface area contributed by atoms with Crippen LogP contribution < -0.4 is 4.72 Å². The Hall–Kier alpha value is -3.82. The van der Waals surface area contributed by atoms with E-state index in [9.17, 15) is 22.4 Å². The molecule has 3 aromatic carbocycles. The number of nitrogens with one attached hydrogen (secondary N) is 2. The van der Waals surface area contributed by atoms with Crippen LogP contribution in [0.3, 0.4) is 0 Å². The van der Waals surface area contributed by atoms with Crippen molar-refractivity contribution in [2.45, 2.75) is 37.3 Å². The van der Waals surface area contributed by atoms with Gasteiger partial charge in [0.1, 0.15) is 11.9 Å². The summed E-state index contributed by atoms with van der Waals surface area (Å²) in [6.45, 7) is 3.15. The molecule has 0 saturated carbocycles. The highest BCUT2D eigenvalue weighted by molar-refractivity contribution is 7.89. The fourth-order valence-corrected chi connectivity index (χ4v) is 5.18. The van der Waals surface area contributed by atoms with Crippen LogP contribution in [0.15, 0.2) is 83.9 Å². The minimum atomic E-state index is -4.08. The van der Waals surface area contributed by atoms with Gasteiger partial charge in [-0.15, -0.1) is 0 Å². The molecule has 0 unspecified atom stereocenters. The molecule has 1 heterocycles. The Morgan fingerprint density at radius 2 is 1.75 bits per heavy atom. The number of ketones is 1. The van der Waals surface area contributed by atoms with Gasteiger partial charge in [-0.3, -0.25) is 9.59 Å². The number of hydrogen-bond donors (Lipinski definition) is 2. The second-order valence-electron chi connectivity index (χ2n) is 8.50. The topological polar surface area (TPSA) is 105 Å². The number of carbonyl (C=O) groups excluding carboxylic acids is 2. The SMILES string of the molecule is Cc1cccc(S(=O)(=O)N[C@H](Cc2c[nH]c3ccccc23)C(=O)O[C@@H](C)C(=O)c2ccc(F)cc2)c1. The highest BCUT2D eigenvalue weighted by Gasteiger charge is 2.31. The molecule has 0 bridgehead atoms. The molecule has 0 aliphatic rings. The van der Waals surface area contributed by atoms with Crippen molar-refractivity contribution in [2.75, 3.05) is 0 Å². The number of sulfonamides is 1. The van der Waals surface area contributed by atoms with E-state index in [2.05, 4.69) is 9.71 Å². The molecule has 0 spiro atoms. The monoisotopic (exact) mass is 508 g/mol. The summed E-state index contributed by atoms with van der Waals surface area (Å²) >= 11 is 0. The summed E-state index contributed by atoms with van der Waals surface area (Å²) in [6, 6.07) is 17.3. The van der Waals surface area contributed by atoms with Gasteiger partial charge in [0.25, 0.3) is 0 Å². The summed E-state index contributed by atoms with van der Waals surface area (Å²) < 4.78 is 47.3. The van der Waals surface area contributed by atoms with Gasteiger partial charge in [-0.05, 0) is 67.4 Å². The third-order valence-corrected chi connectivity index (χ3v) is 7.24. The Balaban J connectivity index is 1.60. The first-order valence-corrected chi connectivity index (χ1v) is 12.8. The first-order chi connectivity index (χ1) is 17.1. The van der Waals surface area contributed by atoms with Crippen molar-refractivity contribution in [1.82, 2.24) is 9.71 Å². The minimum Gasteiger partial charge on any atom is -0.453 e. The second kappa shape index (κ2) is 10.4. The number of para-hydroxylation sites is 1. The molecule has 0 radical (unpaired) electrons. The average molecular weight is 509 g/mol. The van der Waals surface area contributed by atoms with Crippen molar-refractivity contribution < 1.29 is 27.1 Å². The van der Waals surface area contributed by atoms with Gasteiger partial charge < -0.3 is 9.72 Å². The predicted molar refractivity (Wildman–Crippen MR) is 134 cm³/mol. The van der Waals surface area contributed by atoms with Crippen molar-refractivity contribution in [3.8, 4) is 0 Å². The number of aryl methyl sites for hydroxylation is 1. The van der Waals surface area contributed by atoms with E-state index in [0.29, 0.717) is 5.56 Å². The van der Waals surface area contributed by atoms with Gasteiger partial charge in [-0.25, -0.2) is 12.8 Å². The summed E-state index contributed by atoms with van der Waals surface area (Å²) in [7, 11) is -4.08. The number of aromatic amines is 1. The number of rotatable bonds is 9. The molecule has 4 aromatic rings. The normalized spacial score (nSPS) is 13.3. The van der Waals surface area contributed by atoms with Crippen molar-refractivity contribution in [3.63, 3.8) is 0 Å². The summed E-state index contributed by atoms with van der Waals surface area (Å²) in [4.78, 5) is 29.0. The van der Waals surface area contributed by atoms with Gasteiger partial charge in [0.05, 0.1) is 4.90 Å².